The van der Waals surface area contributed by atoms with Crippen LogP contribution in [-0.2, 0) is 4.79 Å². The molecule has 2 fully saturated rings. The zero-order valence-corrected chi connectivity index (χ0v) is 17.0. The van der Waals surface area contributed by atoms with Crippen LogP contribution in [0, 0.1) is 17.7 Å². The minimum atomic E-state index is -0.562. The maximum absolute atomic E-state index is 13.1. The van der Waals surface area contributed by atoms with E-state index in [9.17, 15) is 14.0 Å². The van der Waals surface area contributed by atoms with Gasteiger partial charge < -0.3 is 15.1 Å². The fourth-order valence-corrected chi connectivity index (χ4v) is 4.20. The highest BCUT2D eigenvalue weighted by Crippen LogP contribution is 2.22. The SMILES string of the molecule is CC(C)C(NC(=O)c1ccc(F)cc1)C(=O)N1CCC(CN2CCCC2)CC1. The second-order valence-corrected chi connectivity index (χ2v) is 8.48. The highest BCUT2D eigenvalue weighted by molar-refractivity contribution is 5.97. The number of carbonyl (C=O) groups excluding carboxylic acids is 2. The van der Waals surface area contributed by atoms with Gasteiger partial charge in [-0.15, -0.1) is 0 Å². The number of piperidine rings is 1. The van der Waals surface area contributed by atoms with Crippen LogP contribution in [0.25, 0.3) is 0 Å². The van der Waals surface area contributed by atoms with E-state index in [0.717, 1.165) is 32.5 Å². The Kier molecular flexibility index (Phi) is 7.05. The molecule has 0 aromatic heterocycles. The molecule has 1 N–H and O–H groups in total. The van der Waals surface area contributed by atoms with E-state index >= 15 is 0 Å². The Balaban J connectivity index is 1.54. The van der Waals surface area contributed by atoms with Crippen molar-refractivity contribution in [2.45, 2.75) is 45.6 Å². The molecule has 2 heterocycles. The molecule has 1 unspecified atom stereocenters. The van der Waals surface area contributed by atoms with E-state index in [1.807, 2.05) is 18.7 Å². The van der Waals surface area contributed by atoms with Gasteiger partial charge in [-0.1, -0.05) is 13.8 Å². The van der Waals surface area contributed by atoms with Gasteiger partial charge in [0, 0.05) is 25.2 Å². The average molecular weight is 390 g/mol. The molecule has 1 aromatic carbocycles. The Morgan fingerprint density at radius 3 is 2.25 bits per heavy atom. The van der Waals surface area contributed by atoms with Gasteiger partial charge in [-0.05, 0) is 74.9 Å². The standard InChI is InChI=1S/C22H32FN3O2/c1-16(2)20(24-21(27)18-5-7-19(23)8-6-18)22(28)26-13-9-17(10-14-26)15-25-11-3-4-12-25/h5-8,16-17,20H,3-4,9-15H2,1-2H3,(H,24,27). The Bertz CT molecular complexity index is 663. The summed E-state index contributed by atoms with van der Waals surface area (Å²) in [6, 6.07) is 4.83. The lowest BCUT2D eigenvalue weighted by Crippen LogP contribution is -2.53. The molecule has 1 aromatic rings. The molecule has 2 aliphatic rings. The molecule has 5 nitrogen and oxygen atoms in total. The number of nitrogens with zero attached hydrogens (tertiary/aromatic N) is 2. The van der Waals surface area contributed by atoms with Crippen molar-refractivity contribution < 1.29 is 14.0 Å². The number of halogens is 1. The van der Waals surface area contributed by atoms with Gasteiger partial charge >= 0.3 is 0 Å². The van der Waals surface area contributed by atoms with Gasteiger partial charge in [0.15, 0.2) is 0 Å². The number of likely N-dealkylation sites (tertiary alicyclic amines) is 2. The van der Waals surface area contributed by atoms with Gasteiger partial charge in [0.05, 0.1) is 0 Å². The molecule has 2 saturated heterocycles. The number of benzene rings is 1. The first-order chi connectivity index (χ1) is 13.4. The van der Waals surface area contributed by atoms with E-state index in [-0.39, 0.29) is 23.5 Å². The van der Waals surface area contributed by atoms with Crippen molar-refractivity contribution in [1.29, 1.82) is 0 Å². The largest absolute Gasteiger partial charge is 0.341 e. The molecule has 3 rings (SSSR count). The van der Waals surface area contributed by atoms with Gasteiger partial charge in [0.25, 0.3) is 5.91 Å². The van der Waals surface area contributed by atoms with Gasteiger partial charge in [-0.3, -0.25) is 9.59 Å². The van der Waals surface area contributed by atoms with E-state index in [0.29, 0.717) is 11.5 Å². The maximum Gasteiger partial charge on any atom is 0.251 e. The Morgan fingerprint density at radius 2 is 1.68 bits per heavy atom. The van der Waals surface area contributed by atoms with Crippen LogP contribution in [0.1, 0.15) is 49.9 Å². The van der Waals surface area contributed by atoms with Crippen molar-refractivity contribution in [1.82, 2.24) is 15.1 Å². The smallest absolute Gasteiger partial charge is 0.251 e. The average Bonchev–Trinajstić information content (AvgIpc) is 3.19. The molecule has 0 aliphatic carbocycles. The number of hydrogen-bond acceptors (Lipinski definition) is 3. The number of carbonyl (C=O) groups is 2. The van der Waals surface area contributed by atoms with Crippen molar-refractivity contribution in [3.05, 3.63) is 35.6 Å². The maximum atomic E-state index is 13.1. The predicted octanol–water partition coefficient (Wildman–Crippen LogP) is 2.91. The lowest BCUT2D eigenvalue weighted by molar-refractivity contribution is -0.135. The number of hydrogen-bond donors (Lipinski definition) is 1. The summed E-state index contributed by atoms with van der Waals surface area (Å²) < 4.78 is 13.1. The zero-order chi connectivity index (χ0) is 20.1. The summed E-state index contributed by atoms with van der Waals surface area (Å²) in [6.07, 6.45) is 4.67. The zero-order valence-electron chi connectivity index (χ0n) is 17.0. The monoisotopic (exact) mass is 389 g/mol. The summed E-state index contributed by atoms with van der Waals surface area (Å²) in [5.41, 5.74) is 0.365. The highest BCUT2D eigenvalue weighted by Gasteiger charge is 2.32. The van der Waals surface area contributed by atoms with E-state index in [4.69, 9.17) is 0 Å². The van der Waals surface area contributed by atoms with E-state index < -0.39 is 6.04 Å². The van der Waals surface area contributed by atoms with Crippen molar-refractivity contribution >= 4 is 11.8 Å². The summed E-state index contributed by atoms with van der Waals surface area (Å²) in [5.74, 6) is -0.0847. The fourth-order valence-electron chi connectivity index (χ4n) is 4.20. The van der Waals surface area contributed by atoms with Crippen LogP contribution in [-0.4, -0.2) is 60.4 Å². The summed E-state index contributed by atoms with van der Waals surface area (Å²) in [6.45, 7) is 8.96. The Morgan fingerprint density at radius 1 is 1.07 bits per heavy atom. The number of amides is 2. The van der Waals surface area contributed by atoms with Crippen LogP contribution in [0.3, 0.4) is 0 Å². The first-order valence-electron chi connectivity index (χ1n) is 10.5. The minimum absolute atomic E-state index is 0.00918. The quantitative estimate of drug-likeness (QED) is 0.814. The Labute approximate surface area is 167 Å². The molecule has 0 saturated carbocycles. The molecule has 2 amide bonds. The van der Waals surface area contributed by atoms with Gasteiger partial charge in [-0.2, -0.15) is 0 Å². The van der Waals surface area contributed by atoms with Crippen LogP contribution in [0.2, 0.25) is 0 Å². The lowest BCUT2D eigenvalue weighted by Gasteiger charge is -2.36. The normalized spacial score (nSPS) is 19.8. The molecule has 6 heteroatoms. The Hall–Kier alpha value is -1.95. The predicted molar refractivity (Wildman–Crippen MR) is 107 cm³/mol. The molecule has 2 aliphatic heterocycles. The van der Waals surface area contributed by atoms with Crippen molar-refractivity contribution in [3.63, 3.8) is 0 Å². The number of nitrogens with one attached hydrogen (secondary N) is 1. The van der Waals surface area contributed by atoms with Gasteiger partial charge in [-0.25, -0.2) is 4.39 Å². The van der Waals surface area contributed by atoms with Gasteiger partial charge in [0.2, 0.25) is 5.91 Å². The second kappa shape index (κ2) is 9.50. The lowest BCUT2D eigenvalue weighted by atomic mass is 9.94. The van der Waals surface area contributed by atoms with Crippen molar-refractivity contribution in [2.75, 3.05) is 32.7 Å². The van der Waals surface area contributed by atoms with Crippen LogP contribution in [0.15, 0.2) is 24.3 Å². The third-order valence-electron chi connectivity index (χ3n) is 5.97. The molecule has 28 heavy (non-hydrogen) atoms. The summed E-state index contributed by atoms with van der Waals surface area (Å²) in [5, 5.41) is 2.86. The van der Waals surface area contributed by atoms with E-state index in [1.54, 1.807) is 0 Å². The first-order valence-corrected chi connectivity index (χ1v) is 10.5. The summed E-state index contributed by atoms with van der Waals surface area (Å²) in [4.78, 5) is 30.0. The fraction of sp³-hybridized carbons (Fsp3) is 0.636. The molecule has 0 bridgehead atoms. The topological polar surface area (TPSA) is 52.7 Å². The van der Waals surface area contributed by atoms with E-state index in [1.165, 1.54) is 50.2 Å². The molecule has 154 valence electrons. The molecular formula is C22H32FN3O2. The molecule has 0 radical (unpaired) electrons. The molecule has 1 atom stereocenters. The molecule has 0 spiro atoms. The third-order valence-corrected chi connectivity index (χ3v) is 5.97. The van der Waals surface area contributed by atoms with Crippen LogP contribution in [0.5, 0.6) is 0 Å². The van der Waals surface area contributed by atoms with Crippen molar-refractivity contribution in [3.8, 4) is 0 Å². The minimum Gasteiger partial charge on any atom is -0.341 e. The third kappa shape index (κ3) is 5.31. The van der Waals surface area contributed by atoms with Crippen molar-refractivity contribution in [2.24, 2.45) is 11.8 Å². The first kappa shape index (κ1) is 20.8. The number of rotatable bonds is 6. The summed E-state index contributed by atoms with van der Waals surface area (Å²) in [7, 11) is 0. The van der Waals surface area contributed by atoms with Crippen LogP contribution in [0.4, 0.5) is 4.39 Å². The van der Waals surface area contributed by atoms with Crippen LogP contribution >= 0.6 is 0 Å². The molecular weight excluding hydrogens is 357 g/mol. The van der Waals surface area contributed by atoms with Gasteiger partial charge in [0.1, 0.15) is 11.9 Å². The second-order valence-electron chi connectivity index (χ2n) is 8.48. The van der Waals surface area contributed by atoms with E-state index in [2.05, 4.69) is 10.2 Å². The van der Waals surface area contributed by atoms with Crippen LogP contribution < -0.4 is 5.32 Å². The summed E-state index contributed by atoms with van der Waals surface area (Å²) >= 11 is 0. The highest BCUT2D eigenvalue weighted by atomic mass is 19.1.